The molecule has 0 aromatic rings. The van der Waals surface area contributed by atoms with Gasteiger partial charge in [0.1, 0.15) is 0 Å². The first-order valence-electron chi connectivity index (χ1n) is 6.84. The maximum Gasteiger partial charge on any atom is 0.0981 e. The van der Waals surface area contributed by atoms with Gasteiger partial charge in [0.2, 0.25) is 0 Å². The summed E-state index contributed by atoms with van der Waals surface area (Å²) in [7, 11) is 2.90. The van der Waals surface area contributed by atoms with Gasteiger partial charge in [-0.25, -0.2) is 0 Å². The first-order chi connectivity index (χ1) is 8.15. The molecule has 0 unspecified atom stereocenters. The van der Waals surface area contributed by atoms with Crippen LogP contribution in [-0.2, 0) is 4.74 Å². The second-order valence-electron chi connectivity index (χ2n) is 4.19. The molecule has 0 spiro atoms. The van der Waals surface area contributed by atoms with Gasteiger partial charge < -0.3 is 14.5 Å². The number of hydrogen-bond donors (Lipinski definition) is 0. The summed E-state index contributed by atoms with van der Waals surface area (Å²) in [6, 6.07) is 0. The topological polar surface area (TPSA) is 15.7 Å². The lowest BCUT2D eigenvalue weighted by Crippen LogP contribution is -2.37. The molecule has 0 fully saturated rings. The normalized spacial score (nSPS) is 10.4. The number of hydrogen-bond acceptors (Lipinski definition) is 3. The molecule has 0 atom stereocenters. The van der Waals surface area contributed by atoms with Crippen LogP contribution in [0.2, 0.25) is 0 Å². The monoisotopic (exact) mass is 258 g/mol. The first kappa shape index (κ1) is 16.5. The largest absolute Gasteiger partial charge is 0.384 e. The summed E-state index contributed by atoms with van der Waals surface area (Å²) in [5.41, 5.74) is 0. The first-order valence-corrected chi connectivity index (χ1v) is 7.84. The Bertz CT molecular complexity index is 209. The van der Waals surface area contributed by atoms with Crippen LogP contribution in [0.4, 0.5) is 0 Å². The maximum absolute atomic E-state index is 5.21. The maximum atomic E-state index is 5.21. The van der Waals surface area contributed by atoms with Crippen molar-refractivity contribution < 1.29 is 4.74 Å². The minimum absolute atomic E-state index is 0.838. The van der Waals surface area contributed by atoms with Crippen molar-refractivity contribution in [3.63, 3.8) is 0 Å². The Morgan fingerprint density at radius 3 is 1.65 bits per heavy atom. The highest BCUT2D eigenvalue weighted by Gasteiger charge is 2.14. The van der Waals surface area contributed by atoms with Crippen LogP contribution in [0.25, 0.3) is 0 Å². The van der Waals surface area contributed by atoms with Crippen molar-refractivity contribution in [2.75, 3.05) is 39.9 Å². The molecular weight excluding hydrogens is 228 g/mol. The second kappa shape index (κ2) is 9.54. The molecule has 0 aromatic carbocycles. The summed E-state index contributed by atoms with van der Waals surface area (Å²) < 4.78 is 5.21. The molecule has 0 aliphatic rings. The lowest BCUT2D eigenvalue weighted by Gasteiger charge is -2.35. The number of methoxy groups -OCH3 is 1. The van der Waals surface area contributed by atoms with Crippen LogP contribution < -0.4 is 0 Å². The van der Waals surface area contributed by atoms with Gasteiger partial charge in [0.15, 0.2) is 0 Å². The molecule has 0 N–H and O–H groups in total. The number of nitrogens with zero attached hydrogens (tertiary/aromatic N) is 2. The third kappa shape index (κ3) is 5.13. The standard InChI is InChI=1S/C13H30N2OSi/c1-6-14(7-2)13(15(8-3)9-4)12(17)10-11-16-5/h6-11H2,1-5,17H3. The smallest absolute Gasteiger partial charge is 0.0981 e. The molecular formula is C13H30N2OSi. The molecule has 102 valence electrons. The summed E-state index contributed by atoms with van der Waals surface area (Å²) in [6.45, 7) is 14.1. The van der Waals surface area contributed by atoms with Crippen LogP contribution in [-0.4, -0.2) is 59.9 Å². The molecule has 3 nitrogen and oxygen atoms in total. The summed E-state index contributed by atoms with van der Waals surface area (Å²) in [5.74, 6) is 1.46. The Morgan fingerprint density at radius 1 is 0.941 bits per heavy atom. The minimum Gasteiger partial charge on any atom is -0.384 e. The molecule has 0 saturated carbocycles. The van der Waals surface area contributed by atoms with E-state index in [0.717, 1.165) is 49.4 Å². The van der Waals surface area contributed by atoms with Crippen molar-refractivity contribution in [3.8, 4) is 0 Å². The van der Waals surface area contributed by atoms with Crippen LogP contribution in [0.3, 0.4) is 0 Å². The zero-order chi connectivity index (χ0) is 13.3. The summed E-state index contributed by atoms with van der Waals surface area (Å²) in [5, 5.41) is 1.57. The van der Waals surface area contributed by atoms with Gasteiger partial charge in [-0.3, -0.25) is 0 Å². The Kier molecular flexibility index (Phi) is 9.27. The predicted octanol–water partition coefficient (Wildman–Crippen LogP) is 1.24. The van der Waals surface area contributed by atoms with E-state index in [2.05, 4.69) is 37.5 Å². The lowest BCUT2D eigenvalue weighted by molar-refractivity contribution is 0.197. The molecule has 0 bridgehead atoms. The zero-order valence-corrected chi connectivity index (χ0v) is 14.5. The second-order valence-corrected chi connectivity index (χ2v) is 5.40. The highest BCUT2D eigenvalue weighted by atomic mass is 28.1. The van der Waals surface area contributed by atoms with E-state index in [0.29, 0.717) is 0 Å². The third-order valence-electron chi connectivity index (χ3n) is 3.19. The Morgan fingerprint density at radius 2 is 1.35 bits per heavy atom. The van der Waals surface area contributed by atoms with Gasteiger partial charge in [-0.2, -0.15) is 0 Å². The third-order valence-corrected chi connectivity index (χ3v) is 4.14. The predicted molar refractivity (Wildman–Crippen MR) is 79.3 cm³/mol. The summed E-state index contributed by atoms with van der Waals surface area (Å²) in [6.07, 6.45) is 1.07. The molecule has 0 saturated heterocycles. The molecule has 0 aliphatic heterocycles. The number of rotatable bonds is 9. The van der Waals surface area contributed by atoms with Crippen LogP contribution in [0.1, 0.15) is 34.1 Å². The molecule has 0 amide bonds. The fraction of sp³-hybridized carbons (Fsp3) is 0.846. The van der Waals surface area contributed by atoms with Gasteiger partial charge in [-0.1, -0.05) is 5.20 Å². The van der Waals surface area contributed by atoms with E-state index in [1.807, 2.05) is 0 Å². The Hall–Kier alpha value is -0.483. The molecule has 0 radical (unpaired) electrons. The highest BCUT2D eigenvalue weighted by Crippen LogP contribution is 2.16. The molecule has 0 aliphatic carbocycles. The van der Waals surface area contributed by atoms with Crippen molar-refractivity contribution in [1.82, 2.24) is 9.80 Å². The van der Waals surface area contributed by atoms with Crippen LogP contribution in [0.5, 0.6) is 0 Å². The molecule has 4 heteroatoms. The average Bonchev–Trinajstić information content (AvgIpc) is 2.36. The summed E-state index contributed by atoms with van der Waals surface area (Å²) >= 11 is 0. The molecule has 17 heavy (non-hydrogen) atoms. The SMILES string of the molecule is CCN(CC)C(=C([SiH3])CCOC)N(CC)CC. The Labute approximate surface area is 110 Å². The fourth-order valence-electron chi connectivity index (χ4n) is 2.15. The fourth-order valence-corrected chi connectivity index (χ4v) is 2.99. The minimum atomic E-state index is 0.838. The van der Waals surface area contributed by atoms with E-state index in [1.54, 1.807) is 12.3 Å². The summed E-state index contributed by atoms with van der Waals surface area (Å²) in [4.78, 5) is 4.95. The van der Waals surface area contributed by atoms with Crippen LogP contribution in [0, 0.1) is 0 Å². The van der Waals surface area contributed by atoms with Gasteiger partial charge in [0.25, 0.3) is 0 Å². The van der Waals surface area contributed by atoms with Crippen molar-refractivity contribution in [1.29, 1.82) is 0 Å². The van der Waals surface area contributed by atoms with Gasteiger partial charge >= 0.3 is 0 Å². The van der Waals surface area contributed by atoms with Crippen molar-refractivity contribution in [2.45, 2.75) is 34.1 Å². The highest BCUT2D eigenvalue weighted by molar-refractivity contribution is 6.21. The molecule has 0 heterocycles. The van der Waals surface area contributed by atoms with Crippen molar-refractivity contribution in [3.05, 3.63) is 11.0 Å². The number of ether oxygens (including phenoxy) is 1. The van der Waals surface area contributed by atoms with Crippen LogP contribution >= 0.6 is 0 Å². The van der Waals surface area contributed by atoms with E-state index in [1.165, 1.54) is 5.82 Å². The van der Waals surface area contributed by atoms with Crippen molar-refractivity contribution in [2.24, 2.45) is 0 Å². The van der Waals surface area contributed by atoms with E-state index < -0.39 is 0 Å². The van der Waals surface area contributed by atoms with E-state index >= 15 is 0 Å². The van der Waals surface area contributed by atoms with E-state index in [4.69, 9.17) is 4.74 Å². The average molecular weight is 258 g/mol. The quantitative estimate of drug-likeness (QED) is 0.579. The molecule has 0 aromatic heterocycles. The van der Waals surface area contributed by atoms with Gasteiger partial charge in [0, 0.05) is 50.1 Å². The van der Waals surface area contributed by atoms with E-state index in [9.17, 15) is 0 Å². The van der Waals surface area contributed by atoms with Crippen LogP contribution in [0.15, 0.2) is 11.0 Å². The van der Waals surface area contributed by atoms with Gasteiger partial charge in [-0.15, -0.1) is 0 Å². The molecule has 0 rings (SSSR count). The lowest BCUT2D eigenvalue weighted by atomic mass is 10.3. The van der Waals surface area contributed by atoms with Crippen molar-refractivity contribution >= 4 is 10.2 Å². The van der Waals surface area contributed by atoms with E-state index in [-0.39, 0.29) is 0 Å². The Balaban J connectivity index is 5.04. The van der Waals surface area contributed by atoms with Gasteiger partial charge in [0.05, 0.1) is 5.82 Å². The zero-order valence-electron chi connectivity index (χ0n) is 12.5. The van der Waals surface area contributed by atoms with Gasteiger partial charge in [-0.05, 0) is 34.1 Å².